The minimum absolute atomic E-state index is 0.0934. The molecule has 2 aliphatic rings. The number of aliphatic carboxylic acids is 1. The molecule has 35 heavy (non-hydrogen) atoms. The highest BCUT2D eigenvalue weighted by Crippen LogP contribution is 2.44. The van der Waals surface area contributed by atoms with E-state index in [4.69, 9.17) is 14.2 Å². The van der Waals surface area contributed by atoms with Crippen LogP contribution in [0, 0.1) is 0 Å². The smallest absolute Gasteiger partial charge is 0.408 e. The number of carboxylic acids is 1. The maximum absolute atomic E-state index is 13.5. The molecule has 2 N–H and O–H groups in total. The Balaban J connectivity index is 1.51. The van der Waals surface area contributed by atoms with Crippen LogP contribution in [-0.4, -0.2) is 79.6 Å². The van der Waals surface area contributed by atoms with Gasteiger partial charge in [-0.25, -0.2) is 9.59 Å². The first kappa shape index (κ1) is 24.7. The van der Waals surface area contributed by atoms with Crippen LogP contribution in [0.1, 0.15) is 30.4 Å². The highest BCUT2D eigenvalue weighted by molar-refractivity contribution is 5.93. The minimum atomic E-state index is -1.47. The molecule has 1 fully saturated rings. The molecule has 1 saturated heterocycles. The van der Waals surface area contributed by atoms with Crippen molar-refractivity contribution < 1.29 is 33.7 Å². The fourth-order valence-electron chi connectivity index (χ4n) is 4.90. The SMILES string of the molecule is CCC(COC)(NC(=O)OCC1c2ccccc2-c2ccccc21)C(=O)N1CCOCC1C(=O)O. The molecule has 1 aliphatic carbocycles. The van der Waals surface area contributed by atoms with Crippen LogP contribution in [-0.2, 0) is 23.8 Å². The summed E-state index contributed by atoms with van der Waals surface area (Å²) in [5.41, 5.74) is 2.91. The van der Waals surface area contributed by atoms with Crippen LogP contribution in [0.2, 0.25) is 0 Å². The molecule has 0 spiro atoms. The average molecular weight is 483 g/mol. The molecular formula is C26H30N2O7. The van der Waals surface area contributed by atoms with Crippen molar-refractivity contribution in [2.75, 3.05) is 40.1 Å². The van der Waals surface area contributed by atoms with E-state index in [0.29, 0.717) is 0 Å². The molecular weight excluding hydrogens is 452 g/mol. The number of carboxylic acid groups (broad SMARTS) is 1. The second-order valence-electron chi connectivity index (χ2n) is 8.75. The van der Waals surface area contributed by atoms with Crippen molar-refractivity contribution in [3.05, 3.63) is 59.7 Å². The van der Waals surface area contributed by atoms with Crippen molar-refractivity contribution in [2.45, 2.75) is 30.8 Å². The summed E-state index contributed by atoms with van der Waals surface area (Å²) < 4.78 is 16.2. The van der Waals surface area contributed by atoms with E-state index < -0.39 is 29.6 Å². The van der Waals surface area contributed by atoms with E-state index in [1.807, 2.05) is 36.4 Å². The van der Waals surface area contributed by atoms with Gasteiger partial charge in [-0.3, -0.25) is 4.79 Å². The normalized spacial score (nSPS) is 18.8. The van der Waals surface area contributed by atoms with Crippen molar-refractivity contribution in [3.8, 4) is 11.1 Å². The maximum atomic E-state index is 13.5. The zero-order valence-electron chi connectivity index (χ0n) is 19.9. The van der Waals surface area contributed by atoms with Crippen molar-refractivity contribution in [2.24, 2.45) is 0 Å². The molecule has 0 aromatic heterocycles. The number of hydrogen-bond donors (Lipinski definition) is 2. The summed E-state index contributed by atoms with van der Waals surface area (Å²) in [7, 11) is 1.42. The lowest BCUT2D eigenvalue weighted by Crippen LogP contribution is -2.66. The summed E-state index contributed by atoms with van der Waals surface area (Å²) in [6, 6.07) is 14.9. The van der Waals surface area contributed by atoms with Gasteiger partial charge in [-0.15, -0.1) is 0 Å². The number of carbonyl (C=O) groups excluding carboxylic acids is 2. The largest absolute Gasteiger partial charge is 0.480 e. The minimum Gasteiger partial charge on any atom is -0.480 e. The van der Waals surface area contributed by atoms with Gasteiger partial charge in [-0.2, -0.15) is 0 Å². The first-order valence-corrected chi connectivity index (χ1v) is 11.7. The summed E-state index contributed by atoms with van der Waals surface area (Å²) in [4.78, 5) is 39.4. The quantitative estimate of drug-likeness (QED) is 0.594. The van der Waals surface area contributed by atoms with Gasteiger partial charge < -0.3 is 29.5 Å². The second-order valence-corrected chi connectivity index (χ2v) is 8.75. The topological polar surface area (TPSA) is 114 Å². The highest BCUT2D eigenvalue weighted by Gasteiger charge is 2.46. The molecule has 1 aliphatic heterocycles. The molecule has 0 saturated carbocycles. The summed E-state index contributed by atoms with van der Waals surface area (Å²) in [6.45, 7) is 1.91. The van der Waals surface area contributed by atoms with Crippen LogP contribution >= 0.6 is 0 Å². The zero-order chi connectivity index (χ0) is 25.0. The molecule has 9 nitrogen and oxygen atoms in total. The molecule has 1 heterocycles. The van der Waals surface area contributed by atoms with Crippen LogP contribution < -0.4 is 5.32 Å². The number of hydrogen-bond acceptors (Lipinski definition) is 6. The fourth-order valence-corrected chi connectivity index (χ4v) is 4.90. The lowest BCUT2D eigenvalue weighted by Gasteiger charge is -2.40. The maximum Gasteiger partial charge on any atom is 0.408 e. The Morgan fingerprint density at radius 1 is 1.11 bits per heavy atom. The van der Waals surface area contributed by atoms with E-state index in [1.54, 1.807) is 6.92 Å². The third-order valence-corrected chi connectivity index (χ3v) is 6.76. The van der Waals surface area contributed by atoms with Crippen molar-refractivity contribution in [1.82, 2.24) is 10.2 Å². The van der Waals surface area contributed by atoms with E-state index in [0.717, 1.165) is 22.3 Å². The number of amides is 2. The fraction of sp³-hybridized carbons (Fsp3) is 0.423. The Kier molecular flexibility index (Phi) is 7.37. The van der Waals surface area contributed by atoms with Gasteiger partial charge in [0, 0.05) is 19.6 Å². The van der Waals surface area contributed by atoms with Gasteiger partial charge in [0.15, 0.2) is 6.04 Å². The van der Waals surface area contributed by atoms with Crippen LogP contribution in [0.5, 0.6) is 0 Å². The van der Waals surface area contributed by atoms with Crippen LogP contribution in [0.4, 0.5) is 4.79 Å². The van der Waals surface area contributed by atoms with Gasteiger partial charge in [0.1, 0.15) is 12.1 Å². The number of morpholine rings is 1. The number of fused-ring (bicyclic) bond motifs is 3. The summed E-state index contributed by atoms with van der Waals surface area (Å²) in [6.07, 6.45) is -0.577. The number of alkyl carbamates (subject to hydrolysis) is 1. The van der Waals surface area contributed by atoms with E-state index in [2.05, 4.69) is 17.4 Å². The molecule has 0 bridgehead atoms. The number of nitrogens with one attached hydrogen (secondary N) is 1. The molecule has 4 rings (SSSR count). The Labute approximate surface area is 204 Å². The summed E-state index contributed by atoms with van der Waals surface area (Å²) in [5.74, 6) is -1.83. The van der Waals surface area contributed by atoms with Crippen molar-refractivity contribution in [3.63, 3.8) is 0 Å². The molecule has 2 unspecified atom stereocenters. The Morgan fingerprint density at radius 3 is 2.31 bits per heavy atom. The first-order chi connectivity index (χ1) is 16.9. The third-order valence-electron chi connectivity index (χ3n) is 6.76. The van der Waals surface area contributed by atoms with E-state index in [9.17, 15) is 19.5 Å². The van der Waals surface area contributed by atoms with E-state index in [-0.39, 0.29) is 45.3 Å². The lowest BCUT2D eigenvalue weighted by atomic mass is 9.94. The molecule has 9 heteroatoms. The number of carbonyl (C=O) groups is 3. The Hall–Kier alpha value is -3.43. The number of nitrogens with zero attached hydrogens (tertiary/aromatic N) is 1. The van der Waals surface area contributed by atoms with Crippen molar-refractivity contribution >= 4 is 18.0 Å². The number of benzene rings is 2. The van der Waals surface area contributed by atoms with Crippen LogP contribution in [0.25, 0.3) is 11.1 Å². The molecule has 2 atom stereocenters. The van der Waals surface area contributed by atoms with Gasteiger partial charge in [0.25, 0.3) is 5.91 Å². The predicted molar refractivity (Wildman–Crippen MR) is 127 cm³/mol. The summed E-state index contributed by atoms with van der Waals surface area (Å²) in [5, 5.41) is 12.3. The van der Waals surface area contributed by atoms with Crippen molar-refractivity contribution in [1.29, 1.82) is 0 Å². The number of rotatable bonds is 8. The summed E-state index contributed by atoms with van der Waals surface area (Å²) >= 11 is 0. The third kappa shape index (κ3) is 4.74. The molecule has 2 aromatic carbocycles. The van der Waals surface area contributed by atoms with Gasteiger partial charge >= 0.3 is 12.1 Å². The van der Waals surface area contributed by atoms with E-state index in [1.165, 1.54) is 12.0 Å². The first-order valence-electron chi connectivity index (χ1n) is 11.7. The average Bonchev–Trinajstić information content (AvgIpc) is 3.20. The molecule has 186 valence electrons. The van der Waals surface area contributed by atoms with Crippen LogP contribution in [0.3, 0.4) is 0 Å². The van der Waals surface area contributed by atoms with Gasteiger partial charge in [0.2, 0.25) is 0 Å². The Bertz CT molecular complexity index is 1060. The van der Waals surface area contributed by atoms with Gasteiger partial charge in [-0.1, -0.05) is 55.5 Å². The molecule has 2 amide bonds. The number of methoxy groups -OCH3 is 1. The molecule has 2 aromatic rings. The van der Waals surface area contributed by atoms with Gasteiger partial charge in [-0.05, 0) is 28.7 Å². The van der Waals surface area contributed by atoms with Gasteiger partial charge in [0.05, 0.1) is 19.8 Å². The number of ether oxygens (including phenoxy) is 3. The predicted octanol–water partition coefficient (Wildman–Crippen LogP) is 2.63. The lowest BCUT2D eigenvalue weighted by molar-refractivity contribution is -0.162. The van der Waals surface area contributed by atoms with Crippen LogP contribution in [0.15, 0.2) is 48.5 Å². The zero-order valence-corrected chi connectivity index (χ0v) is 19.9. The highest BCUT2D eigenvalue weighted by atomic mass is 16.5. The molecule has 0 radical (unpaired) electrons. The standard InChI is InChI=1S/C26H30N2O7/c1-3-26(16-33-2,24(31)28-12-13-34-15-22(28)23(29)30)27-25(32)35-14-21-19-10-6-4-8-17(19)18-9-5-7-11-20(18)21/h4-11,21-22H,3,12-16H2,1-2H3,(H,27,32)(H,29,30). The second kappa shape index (κ2) is 10.5. The monoisotopic (exact) mass is 482 g/mol. The Morgan fingerprint density at radius 2 is 1.74 bits per heavy atom. The van der Waals surface area contributed by atoms with E-state index >= 15 is 0 Å².